The molecule has 0 radical (unpaired) electrons. The van der Waals surface area contributed by atoms with Crippen LogP contribution >= 0.6 is 11.8 Å². The fourth-order valence-electron chi connectivity index (χ4n) is 4.57. The normalized spacial score (nSPS) is 29.7. The Kier molecular flexibility index (Phi) is 12.8. The van der Waals surface area contributed by atoms with Crippen molar-refractivity contribution >= 4 is 18.1 Å². The van der Waals surface area contributed by atoms with Crippen molar-refractivity contribution in [2.45, 2.75) is 50.2 Å². The van der Waals surface area contributed by atoms with Gasteiger partial charge in [0.1, 0.15) is 19.4 Å². The van der Waals surface area contributed by atoms with Crippen LogP contribution in [0.25, 0.3) is 0 Å². The summed E-state index contributed by atoms with van der Waals surface area (Å²) in [6, 6.07) is 0. The van der Waals surface area contributed by atoms with E-state index in [1.165, 1.54) is 67.1 Å². The summed E-state index contributed by atoms with van der Waals surface area (Å²) in [5, 5.41) is 0. The summed E-state index contributed by atoms with van der Waals surface area (Å²) in [4.78, 5) is 3.07. The average molecular weight is 338 g/mol. The standard InChI is InChI=1S/C11H22BOS.C6H16N2.Li/c1-13-12(9-14-2)10-5-3-6-11(12)8-4-7-10;1-7(2)5-6-8(3)4;/h10-11H,3-9H2,1-2H3;5-6H2,1-4H3;/q-1;;+1/p+2. The Morgan fingerprint density at radius 1 is 0.913 bits per heavy atom. The first-order valence-electron chi connectivity index (χ1n) is 9.26. The third-order valence-corrected chi connectivity index (χ3v) is 6.74. The SMILES string of the molecule is CO[B-]1(CSC)C2CCCC1CCC2.C[NH+](C)CC[NH+](C)C.[Li+]. The van der Waals surface area contributed by atoms with Crippen molar-refractivity contribution in [2.75, 3.05) is 60.3 Å². The van der Waals surface area contributed by atoms with Crippen molar-refractivity contribution in [3.8, 4) is 0 Å². The zero-order valence-corrected chi connectivity index (χ0v) is 17.7. The molecule has 2 bridgehead atoms. The van der Waals surface area contributed by atoms with Gasteiger partial charge in [0, 0.05) is 0 Å². The molecule has 2 rings (SSSR count). The molecule has 23 heavy (non-hydrogen) atoms. The molecule has 0 amide bonds. The molecule has 2 aliphatic heterocycles. The summed E-state index contributed by atoms with van der Waals surface area (Å²) in [5.41, 5.74) is 1.27. The fourth-order valence-corrected chi connectivity index (χ4v) is 5.77. The minimum Gasteiger partial charge on any atom is -0.591 e. The molecule has 0 aliphatic carbocycles. The van der Waals surface area contributed by atoms with Crippen LogP contribution in [0.2, 0.25) is 11.6 Å². The average Bonchev–Trinajstić information content (AvgIpc) is 2.45. The predicted molar refractivity (Wildman–Crippen MR) is 102 cm³/mol. The van der Waals surface area contributed by atoms with Gasteiger partial charge >= 0.3 is 18.9 Å². The largest absolute Gasteiger partial charge is 1.00 e. The number of fused-ring (bicyclic) bond motifs is 2. The maximum Gasteiger partial charge on any atom is 1.00 e. The molecule has 2 N–H and O–H groups in total. The number of hydrogen-bond acceptors (Lipinski definition) is 2. The van der Waals surface area contributed by atoms with Crippen LogP contribution in [0.15, 0.2) is 0 Å². The number of hydrogen-bond donors (Lipinski definition) is 2. The van der Waals surface area contributed by atoms with E-state index in [9.17, 15) is 0 Å². The summed E-state index contributed by atoms with van der Waals surface area (Å²) < 4.78 is 6.03. The molecule has 132 valence electrons. The molecule has 0 aromatic rings. The molecule has 2 saturated heterocycles. The number of rotatable bonds is 6. The van der Waals surface area contributed by atoms with Gasteiger partial charge in [-0.25, -0.2) is 11.8 Å². The van der Waals surface area contributed by atoms with Gasteiger partial charge in [0.2, 0.25) is 0 Å². The molecular formula is C17H40BLiN2OS+2. The molecule has 0 spiro atoms. The van der Waals surface area contributed by atoms with E-state index >= 15 is 0 Å². The Labute approximate surface area is 161 Å². The molecule has 0 atom stereocenters. The minimum absolute atomic E-state index is 0. The van der Waals surface area contributed by atoms with Crippen LogP contribution in [0.4, 0.5) is 0 Å². The second-order valence-electron chi connectivity index (χ2n) is 8.09. The molecular weight excluding hydrogens is 298 g/mol. The van der Waals surface area contributed by atoms with Gasteiger partial charge in [0.15, 0.2) is 0 Å². The second kappa shape index (κ2) is 12.3. The Morgan fingerprint density at radius 3 is 1.57 bits per heavy atom. The van der Waals surface area contributed by atoms with Gasteiger partial charge < -0.3 is 14.5 Å². The van der Waals surface area contributed by atoms with Gasteiger partial charge in [-0.15, -0.1) is 17.3 Å². The molecule has 3 nitrogen and oxygen atoms in total. The summed E-state index contributed by atoms with van der Waals surface area (Å²) in [6.07, 6.45) is 10.4. The summed E-state index contributed by atoms with van der Waals surface area (Å²) in [5.74, 6) is 1.83. The van der Waals surface area contributed by atoms with E-state index in [0.29, 0.717) is 0 Å². The smallest absolute Gasteiger partial charge is 0.591 e. The molecule has 0 aromatic carbocycles. The van der Waals surface area contributed by atoms with Crippen molar-refractivity contribution in [2.24, 2.45) is 0 Å². The van der Waals surface area contributed by atoms with Gasteiger partial charge in [-0.3, -0.25) is 0 Å². The number of quaternary nitrogens is 2. The van der Waals surface area contributed by atoms with Crippen molar-refractivity contribution in [1.29, 1.82) is 0 Å². The topological polar surface area (TPSA) is 18.1 Å². The number of likely N-dealkylation sites (N-methyl/N-ethyl adjacent to an activating group) is 2. The van der Waals surface area contributed by atoms with E-state index in [1.54, 1.807) is 0 Å². The molecule has 0 aromatic heterocycles. The van der Waals surface area contributed by atoms with Crippen LogP contribution in [0.1, 0.15) is 38.5 Å². The molecule has 2 aliphatic rings. The van der Waals surface area contributed by atoms with E-state index in [1.807, 2.05) is 18.9 Å². The third kappa shape index (κ3) is 7.34. The molecule has 0 saturated carbocycles. The van der Waals surface area contributed by atoms with Crippen molar-refractivity contribution in [3.05, 3.63) is 0 Å². The van der Waals surface area contributed by atoms with Crippen LogP contribution in [0.3, 0.4) is 0 Å². The van der Waals surface area contributed by atoms with Crippen LogP contribution in [-0.4, -0.2) is 66.6 Å². The van der Waals surface area contributed by atoms with Gasteiger partial charge in [-0.1, -0.05) is 38.5 Å². The minimum atomic E-state index is -0.468. The second-order valence-corrected chi connectivity index (χ2v) is 9.00. The summed E-state index contributed by atoms with van der Waals surface area (Å²) in [6.45, 7) is 2.53. The summed E-state index contributed by atoms with van der Waals surface area (Å²) in [7, 11) is 10.7. The van der Waals surface area contributed by atoms with Gasteiger partial charge in [-0.05, 0) is 13.4 Å². The van der Waals surface area contributed by atoms with Gasteiger partial charge in [0.25, 0.3) is 0 Å². The van der Waals surface area contributed by atoms with E-state index in [-0.39, 0.29) is 18.9 Å². The van der Waals surface area contributed by atoms with E-state index in [2.05, 4.69) is 34.4 Å². The van der Waals surface area contributed by atoms with Crippen molar-refractivity contribution < 1.29 is 33.3 Å². The summed E-state index contributed by atoms with van der Waals surface area (Å²) >= 11 is 1.99. The molecule has 6 heteroatoms. The Balaban J connectivity index is 0.000000469. The van der Waals surface area contributed by atoms with E-state index < -0.39 is 6.35 Å². The first-order valence-corrected chi connectivity index (χ1v) is 10.6. The third-order valence-electron chi connectivity index (χ3n) is 5.89. The maximum absolute atomic E-state index is 6.03. The van der Waals surface area contributed by atoms with Crippen LogP contribution in [0, 0.1) is 0 Å². The van der Waals surface area contributed by atoms with Gasteiger partial charge in [-0.2, -0.15) is 0 Å². The molecule has 2 fully saturated rings. The fraction of sp³-hybridized carbons (Fsp3) is 1.00. The first kappa shape index (κ1) is 23.9. The van der Waals surface area contributed by atoms with Crippen molar-refractivity contribution in [1.82, 2.24) is 0 Å². The van der Waals surface area contributed by atoms with Crippen LogP contribution < -0.4 is 28.7 Å². The monoisotopic (exact) mass is 338 g/mol. The Morgan fingerprint density at radius 2 is 1.30 bits per heavy atom. The van der Waals surface area contributed by atoms with E-state index in [4.69, 9.17) is 4.65 Å². The van der Waals surface area contributed by atoms with Gasteiger partial charge in [0.05, 0.1) is 28.2 Å². The maximum atomic E-state index is 6.03. The zero-order valence-electron chi connectivity index (χ0n) is 16.9. The quantitative estimate of drug-likeness (QED) is 0.539. The first-order chi connectivity index (χ1) is 10.5. The van der Waals surface area contributed by atoms with E-state index in [0.717, 1.165) is 11.6 Å². The van der Waals surface area contributed by atoms with Crippen LogP contribution in [-0.2, 0) is 4.65 Å². The molecule has 0 unspecified atom stereocenters. The molecule has 2 heterocycles. The number of nitrogens with one attached hydrogen (secondary N) is 2. The van der Waals surface area contributed by atoms with Crippen LogP contribution in [0.5, 0.6) is 0 Å². The zero-order chi connectivity index (χ0) is 16.6. The van der Waals surface area contributed by atoms with Crippen molar-refractivity contribution in [3.63, 3.8) is 0 Å². The Hall–Kier alpha value is 0.892. The predicted octanol–water partition coefficient (Wildman–Crippen LogP) is -2.13. The number of thioether (sulfide) groups is 1. The Bertz CT molecular complexity index is 278.